The van der Waals surface area contributed by atoms with E-state index in [0.717, 1.165) is 18.5 Å². The van der Waals surface area contributed by atoms with Crippen LogP contribution >= 0.6 is 0 Å². The first-order valence-electron chi connectivity index (χ1n) is 10.9. The third-order valence-corrected chi connectivity index (χ3v) is 7.96. The van der Waals surface area contributed by atoms with E-state index in [1.807, 2.05) is 37.3 Å². The molecule has 0 N–H and O–H groups in total. The highest BCUT2D eigenvalue weighted by Crippen LogP contribution is 2.24. The van der Waals surface area contributed by atoms with Gasteiger partial charge in [0.1, 0.15) is 6.04 Å². The second kappa shape index (κ2) is 9.31. The Kier molecular flexibility index (Phi) is 6.51. The van der Waals surface area contributed by atoms with Gasteiger partial charge in [0.2, 0.25) is 21.9 Å². The first-order valence-corrected chi connectivity index (χ1v) is 12.5. The SMILES string of the molecule is CCCS(=O)(=O)N1CCCCC1C(=O)N1CCN(c2nnnn2-c2ccccc2)CC1. The van der Waals surface area contributed by atoms with E-state index in [-0.39, 0.29) is 11.7 Å². The van der Waals surface area contributed by atoms with Crippen molar-refractivity contribution in [2.24, 2.45) is 0 Å². The molecule has 2 aliphatic rings. The highest BCUT2D eigenvalue weighted by atomic mass is 32.2. The summed E-state index contributed by atoms with van der Waals surface area (Å²) in [5, 5.41) is 12.1. The Bertz CT molecular complexity index is 987. The van der Waals surface area contributed by atoms with Crippen molar-refractivity contribution in [3.8, 4) is 5.69 Å². The molecule has 0 spiro atoms. The highest BCUT2D eigenvalue weighted by molar-refractivity contribution is 7.89. The van der Waals surface area contributed by atoms with Crippen LogP contribution in [0.15, 0.2) is 30.3 Å². The molecule has 2 saturated heterocycles. The summed E-state index contributed by atoms with van der Waals surface area (Å²) >= 11 is 0. The Hall–Kier alpha value is -2.53. The molecule has 0 bridgehead atoms. The number of tetrazole rings is 1. The quantitative estimate of drug-likeness (QED) is 0.648. The van der Waals surface area contributed by atoms with Crippen molar-refractivity contribution in [2.45, 2.75) is 38.6 Å². The number of amides is 1. The van der Waals surface area contributed by atoms with E-state index in [9.17, 15) is 13.2 Å². The largest absolute Gasteiger partial charge is 0.338 e. The van der Waals surface area contributed by atoms with Gasteiger partial charge in [-0.25, -0.2) is 8.42 Å². The molecule has 1 aromatic carbocycles. The molecule has 1 amide bonds. The number of benzene rings is 1. The van der Waals surface area contributed by atoms with Crippen LogP contribution in [0.25, 0.3) is 5.69 Å². The summed E-state index contributed by atoms with van der Waals surface area (Å²) in [7, 11) is -3.40. The van der Waals surface area contributed by atoms with Gasteiger partial charge in [0.25, 0.3) is 0 Å². The van der Waals surface area contributed by atoms with E-state index in [2.05, 4.69) is 20.4 Å². The summed E-state index contributed by atoms with van der Waals surface area (Å²) in [6, 6.07) is 9.10. The molecule has 1 aromatic heterocycles. The van der Waals surface area contributed by atoms with E-state index in [1.54, 1.807) is 9.58 Å². The monoisotopic (exact) mass is 447 g/mol. The number of anilines is 1. The zero-order valence-electron chi connectivity index (χ0n) is 17.8. The Morgan fingerprint density at radius 1 is 1.06 bits per heavy atom. The lowest BCUT2D eigenvalue weighted by atomic mass is 10.0. The first kappa shape index (κ1) is 21.7. The average Bonchev–Trinajstić information content (AvgIpc) is 3.29. The minimum absolute atomic E-state index is 0.0818. The van der Waals surface area contributed by atoms with Crippen LogP contribution in [0.4, 0.5) is 5.95 Å². The van der Waals surface area contributed by atoms with E-state index in [1.165, 1.54) is 4.31 Å². The van der Waals surface area contributed by atoms with Crippen LogP contribution in [0.5, 0.6) is 0 Å². The molecule has 1 unspecified atom stereocenters. The number of sulfonamides is 1. The zero-order valence-corrected chi connectivity index (χ0v) is 18.6. The zero-order chi connectivity index (χ0) is 21.8. The molecule has 31 heavy (non-hydrogen) atoms. The summed E-state index contributed by atoms with van der Waals surface area (Å²) in [5.74, 6) is 0.650. The lowest BCUT2D eigenvalue weighted by Crippen LogP contribution is -2.57. The van der Waals surface area contributed by atoms with E-state index < -0.39 is 16.1 Å². The second-order valence-electron chi connectivity index (χ2n) is 7.98. The van der Waals surface area contributed by atoms with Crippen LogP contribution in [0.3, 0.4) is 0 Å². The minimum atomic E-state index is -3.40. The first-order chi connectivity index (χ1) is 15.0. The van der Waals surface area contributed by atoms with Crippen molar-refractivity contribution in [3.63, 3.8) is 0 Å². The molecular formula is C20H29N7O3S. The smallest absolute Gasteiger partial charge is 0.250 e. The second-order valence-corrected chi connectivity index (χ2v) is 10.0. The van der Waals surface area contributed by atoms with Crippen molar-refractivity contribution in [1.29, 1.82) is 0 Å². The maximum absolute atomic E-state index is 13.3. The molecule has 0 aliphatic carbocycles. The highest BCUT2D eigenvalue weighted by Gasteiger charge is 2.39. The number of para-hydroxylation sites is 1. The fourth-order valence-corrected chi connectivity index (χ4v) is 6.05. The molecule has 10 nitrogen and oxygen atoms in total. The summed E-state index contributed by atoms with van der Waals surface area (Å²) in [5.41, 5.74) is 0.875. The molecule has 2 aliphatic heterocycles. The van der Waals surface area contributed by atoms with Crippen molar-refractivity contribution in [3.05, 3.63) is 30.3 Å². The molecule has 2 fully saturated rings. The molecule has 2 aromatic rings. The Morgan fingerprint density at radius 3 is 2.52 bits per heavy atom. The average molecular weight is 448 g/mol. The van der Waals surface area contributed by atoms with Gasteiger partial charge in [-0.1, -0.05) is 36.6 Å². The van der Waals surface area contributed by atoms with Gasteiger partial charge in [-0.2, -0.15) is 8.99 Å². The number of piperazine rings is 1. The summed E-state index contributed by atoms with van der Waals surface area (Å²) in [4.78, 5) is 17.1. The maximum Gasteiger partial charge on any atom is 0.250 e. The number of nitrogens with zero attached hydrogens (tertiary/aromatic N) is 7. The predicted molar refractivity (Wildman–Crippen MR) is 116 cm³/mol. The normalized spacial score (nSPS) is 20.7. The third kappa shape index (κ3) is 4.57. The summed E-state index contributed by atoms with van der Waals surface area (Å²) in [6.07, 6.45) is 2.83. The van der Waals surface area contributed by atoms with Gasteiger partial charge in [0, 0.05) is 32.7 Å². The number of carbonyl (C=O) groups is 1. The fraction of sp³-hybridized carbons (Fsp3) is 0.600. The number of hydrogen-bond acceptors (Lipinski definition) is 7. The number of hydrogen-bond donors (Lipinski definition) is 0. The molecule has 4 rings (SSSR count). The van der Waals surface area contributed by atoms with Crippen LogP contribution in [-0.2, 0) is 14.8 Å². The van der Waals surface area contributed by atoms with Crippen LogP contribution in [0.2, 0.25) is 0 Å². The molecule has 0 saturated carbocycles. The lowest BCUT2D eigenvalue weighted by Gasteiger charge is -2.40. The van der Waals surface area contributed by atoms with Crippen LogP contribution in [0.1, 0.15) is 32.6 Å². The van der Waals surface area contributed by atoms with Crippen molar-refractivity contribution < 1.29 is 13.2 Å². The maximum atomic E-state index is 13.3. The minimum Gasteiger partial charge on any atom is -0.338 e. The number of piperidine rings is 1. The number of carbonyl (C=O) groups excluding carboxylic acids is 1. The van der Waals surface area contributed by atoms with Gasteiger partial charge in [-0.3, -0.25) is 4.79 Å². The van der Waals surface area contributed by atoms with Gasteiger partial charge < -0.3 is 9.80 Å². The van der Waals surface area contributed by atoms with Crippen LogP contribution < -0.4 is 4.90 Å². The molecule has 1 atom stereocenters. The van der Waals surface area contributed by atoms with Gasteiger partial charge in [-0.15, -0.1) is 0 Å². The van der Waals surface area contributed by atoms with Crippen LogP contribution in [0, 0.1) is 0 Å². The van der Waals surface area contributed by atoms with Gasteiger partial charge in [0.15, 0.2) is 0 Å². The lowest BCUT2D eigenvalue weighted by molar-refractivity contribution is -0.136. The van der Waals surface area contributed by atoms with Crippen LogP contribution in [-0.4, -0.2) is 88.3 Å². The summed E-state index contributed by atoms with van der Waals surface area (Å²) in [6.45, 7) is 4.49. The van der Waals surface area contributed by atoms with E-state index in [4.69, 9.17) is 0 Å². The van der Waals surface area contributed by atoms with Gasteiger partial charge in [0.05, 0.1) is 11.4 Å². The van der Waals surface area contributed by atoms with E-state index in [0.29, 0.717) is 51.5 Å². The van der Waals surface area contributed by atoms with E-state index >= 15 is 0 Å². The Labute approximate surface area is 182 Å². The standard InChI is InChI=1S/C20H29N7O3S/c1-2-16-31(29,30)26-11-7-6-10-18(26)19(28)24-12-14-25(15-13-24)20-21-22-23-27(20)17-8-4-3-5-9-17/h3-5,8-9,18H,2,6-7,10-16H2,1H3. The van der Waals surface area contributed by atoms with Crippen molar-refractivity contribution in [1.82, 2.24) is 29.4 Å². The number of aromatic nitrogens is 4. The molecular weight excluding hydrogens is 418 g/mol. The van der Waals surface area contributed by atoms with Crippen molar-refractivity contribution in [2.75, 3.05) is 43.4 Å². The van der Waals surface area contributed by atoms with Crippen molar-refractivity contribution >= 4 is 21.9 Å². The predicted octanol–water partition coefficient (Wildman–Crippen LogP) is 0.905. The Morgan fingerprint density at radius 2 is 1.81 bits per heavy atom. The topological polar surface area (TPSA) is 105 Å². The number of rotatable bonds is 6. The molecule has 168 valence electrons. The van der Waals surface area contributed by atoms with Gasteiger partial charge in [-0.05, 0) is 41.8 Å². The van der Waals surface area contributed by atoms with Gasteiger partial charge >= 0.3 is 0 Å². The summed E-state index contributed by atoms with van der Waals surface area (Å²) < 4.78 is 28.5. The third-order valence-electron chi connectivity index (χ3n) is 5.89. The molecule has 0 radical (unpaired) electrons. The Balaban J connectivity index is 1.43. The molecule has 11 heteroatoms. The fourth-order valence-electron chi connectivity index (χ4n) is 4.31. The molecule has 3 heterocycles.